The van der Waals surface area contributed by atoms with Gasteiger partial charge in [0.05, 0.1) is 11.8 Å². The van der Waals surface area contributed by atoms with E-state index in [1.165, 1.54) is 22.3 Å². The van der Waals surface area contributed by atoms with Crippen LogP contribution < -0.4 is 5.32 Å². The lowest BCUT2D eigenvalue weighted by Gasteiger charge is -2.34. The monoisotopic (exact) mass is 468 g/mol. The lowest BCUT2D eigenvalue weighted by atomic mass is 9.81. The Labute approximate surface area is 206 Å². The average molecular weight is 469 g/mol. The van der Waals surface area contributed by atoms with E-state index in [9.17, 15) is 14.4 Å². The van der Waals surface area contributed by atoms with Gasteiger partial charge in [0.2, 0.25) is 17.7 Å². The third-order valence-electron chi connectivity index (χ3n) is 9.84. The largest absolute Gasteiger partial charge is 0.355 e. The molecule has 5 heteroatoms. The van der Waals surface area contributed by atoms with E-state index < -0.39 is 0 Å². The second-order valence-electron chi connectivity index (χ2n) is 11.4. The summed E-state index contributed by atoms with van der Waals surface area (Å²) in [6, 6.07) is 16.9. The predicted octanol–water partition coefficient (Wildman–Crippen LogP) is 4.51. The van der Waals surface area contributed by atoms with Crippen LogP contribution in [0, 0.1) is 29.6 Å². The minimum absolute atomic E-state index is 0.0161. The van der Waals surface area contributed by atoms with Crippen LogP contribution in [0.4, 0.5) is 0 Å². The summed E-state index contributed by atoms with van der Waals surface area (Å²) in [5, 5.41) is 3.24. The van der Waals surface area contributed by atoms with Crippen LogP contribution >= 0.6 is 0 Å². The Balaban J connectivity index is 0.986. The zero-order valence-electron chi connectivity index (χ0n) is 20.0. The second-order valence-corrected chi connectivity index (χ2v) is 11.4. The molecule has 0 radical (unpaired) electrons. The summed E-state index contributed by atoms with van der Waals surface area (Å²) in [5.41, 5.74) is 5.09. The molecule has 2 aromatic carbocycles. The van der Waals surface area contributed by atoms with Crippen molar-refractivity contribution in [3.8, 4) is 11.1 Å². The molecule has 4 aliphatic carbocycles. The first-order valence-corrected chi connectivity index (χ1v) is 13.4. The number of amides is 3. The number of nitrogens with one attached hydrogen (secondary N) is 1. The highest BCUT2D eigenvalue weighted by Gasteiger charge is 2.61. The molecule has 2 aromatic rings. The highest BCUT2D eigenvalue weighted by atomic mass is 16.2. The first-order valence-electron chi connectivity index (χ1n) is 13.4. The Hall–Kier alpha value is -2.95. The fourth-order valence-electron chi connectivity index (χ4n) is 8.21. The van der Waals surface area contributed by atoms with Gasteiger partial charge in [-0.3, -0.25) is 19.3 Å². The van der Waals surface area contributed by atoms with Crippen LogP contribution in [0.1, 0.15) is 62.0 Å². The molecule has 3 amide bonds. The zero-order chi connectivity index (χ0) is 23.7. The van der Waals surface area contributed by atoms with Crippen molar-refractivity contribution in [2.45, 2.75) is 56.9 Å². The summed E-state index contributed by atoms with van der Waals surface area (Å²) in [4.78, 5) is 41.1. The van der Waals surface area contributed by atoms with Crippen molar-refractivity contribution in [3.05, 3.63) is 59.7 Å². The Morgan fingerprint density at radius 1 is 0.771 bits per heavy atom. The van der Waals surface area contributed by atoms with Crippen LogP contribution in [0.3, 0.4) is 0 Å². The molecule has 1 heterocycles. The van der Waals surface area contributed by atoms with Crippen LogP contribution in [0.5, 0.6) is 0 Å². The van der Waals surface area contributed by atoms with Crippen molar-refractivity contribution >= 4 is 17.7 Å². The normalized spacial score (nSPS) is 33.1. The second kappa shape index (κ2) is 8.04. The Kier molecular flexibility index (Phi) is 4.90. The number of hydrogen-bond donors (Lipinski definition) is 1. The molecule has 35 heavy (non-hydrogen) atoms. The fourth-order valence-corrected chi connectivity index (χ4v) is 8.21. The maximum Gasteiger partial charge on any atom is 0.233 e. The van der Waals surface area contributed by atoms with Crippen LogP contribution in [0.25, 0.3) is 11.1 Å². The van der Waals surface area contributed by atoms with E-state index in [2.05, 4.69) is 53.8 Å². The van der Waals surface area contributed by atoms with Gasteiger partial charge in [-0.15, -0.1) is 0 Å². The Morgan fingerprint density at radius 3 is 1.89 bits per heavy atom. The van der Waals surface area contributed by atoms with E-state index in [4.69, 9.17) is 0 Å². The molecule has 1 aliphatic heterocycles. The highest BCUT2D eigenvalue weighted by Crippen LogP contribution is 2.56. The molecule has 4 atom stereocenters. The summed E-state index contributed by atoms with van der Waals surface area (Å²) in [5.74, 6) is 1.22. The number of carbonyl (C=O) groups excluding carboxylic acids is 3. The first kappa shape index (κ1) is 21.3. The van der Waals surface area contributed by atoms with Crippen LogP contribution in [-0.2, 0) is 14.4 Å². The van der Waals surface area contributed by atoms with Gasteiger partial charge in [-0.05, 0) is 79.0 Å². The van der Waals surface area contributed by atoms with Gasteiger partial charge in [0.15, 0.2) is 0 Å². The average Bonchev–Trinajstić information content (AvgIpc) is 3.64. The molecule has 0 unspecified atom stereocenters. The molecule has 7 rings (SSSR count). The predicted molar refractivity (Wildman–Crippen MR) is 132 cm³/mol. The molecule has 2 bridgehead atoms. The van der Waals surface area contributed by atoms with Crippen molar-refractivity contribution in [1.29, 1.82) is 0 Å². The highest BCUT2D eigenvalue weighted by molar-refractivity contribution is 6.06. The number of benzene rings is 2. The topological polar surface area (TPSA) is 66.5 Å². The van der Waals surface area contributed by atoms with Gasteiger partial charge in [-0.2, -0.15) is 0 Å². The van der Waals surface area contributed by atoms with Crippen molar-refractivity contribution in [2.24, 2.45) is 29.6 Å². The van der Waals surface area contributed by atoms with Crippen LogP contribution in [-0.4, -0.2) is 35.2 Å². The van der Waals surface area contributed by atoms with E-state index in [1.807, 2.05) is 0 Å². The molecule has 180 valence electrons. The number of likely N-dealkylation sites (tertiary alicyclic amines) is 1. The number of nitrogens with zero attached hydrogens (tertiary/aromatic N) is 1. The number of hydrogen-bond acceptors (Lipinski definition) is 3. The lowest BCUT2D eigenvalue weighted by Crippen LogP contribution is -2.45. The van der Waals surface area contributed by atoms with E-state index in [-0.39, 0.29) is 47.4 Å². The van der Waals surface area contributed by atoms with Gasteiger partial charge in [0.25, 0.3) is 0 Å². The summed E-state index contributed by atoms with van der Waals surface area (Å²) in [6.07, 6.45) is 6.28. The van der Waals surface area contributed by atoms with Gasteiger partial charge in [0.1, 0.15) is 0 Å². The Bertz CT molecular complexity index is 1140. The minimum atomic E-state index is -0.0422. The van der Waals surface area contributed by atoms with Gasteiger partial charge in [0, 0.05) is 24.4 Å². The van der Waals surface area contributed by atoms with E-state index >= 15 is 0 Å². The molecule has 1 N–H and O–H groups in total. The van der Waals surface area contributed by atoms with Crippen LogP contribution in [0.15, 0.2) is 48.5 Å². The smallest absolute Gasteiger partial charge is 0.233 e. The summed E-state index contributed by atoms with van der Waals surface area (Å²) in [6.45, 7) is 0.599. The lowest BCUT2D eigenvalue weighted by molar-refractivity contribution is -0.144. The van der Waals surface area contributed by atoms with Crippen molar-refractivity contribution < 1.29 is 14.4 Å². The summed E-state index contributed by atoms with van der Waals surface area (Å²) < 4.78 is 0. The number of rotatable bonds is 4. The first-order chi connectivity index (χ1) is 17.1. The third kappa shape index (κ3) is 3.16. The molecule has 5 aliphatic rings. The molecular weight excluding hydrogens is 436 g/mol. The molecule has 0 aromatic heterocycles. The summed E-state index contributed by atoms with van der Waals surface area (Å²) >= 11 is 0. The maximum absolute atomic E-state index is 13.2. The van der Waals surface area contributed by atoms with Gasteiger partial charge in [-0.25, -0.2) is 0 Å². The summed E-state index contributed by atoms with van der Waals surface area (Å²) in [7, 11) is 0. The third-order valence-corrected chi connectivity index (χ3v) is 9.84. The van der Waals surface area contributed by atoms with Gasteiger partial charge >= 0.3 is 0 Å². The molecular formula is C30H32N2O3. The molecule has 1 saturated heterocycles. The fraction of sp³-hybridized carbons (Fsp3) is 0.500. The molecule has 4 fully saturated rings. The molecule has 0 spiro atoms. The molecule has 3 saturated carbocycles. The van der Waals surface area contributed by atoms with Gasteiger partial charge < -0.3 is 5.32 Å². The quantitative estimate of drug-likeness (QED) is 0.672. The van der Waals surface area contributed by atoms with Crippen molar-refractivity contribution in [2.75, 3.05) is 6.54 Å². The van der Waals surface area contributed by atoms with E-state index in [0.717, 1.165) is 44.9 Å². The number of carbonyl (C=O) groups is 3. The molecule has 5 nitrogen and oxygen atoms in total. The number of fused-ring (bicyclic) bond motifs is 8. The van der Waals surface area contributed by atoms with E-state index in [1.54, 1.807) is 4.90 Å². The Morgan fingerprint density at radius 2 is 1.31 bits per heavy atom. The van der Waals surface area contributed by atoms with Gasteiger partial charge in [-0.1, -0.05) is 48.5 Å². The van der Waals surface area contributed by atoms with Crippen molar-refractivity contribution in [3.63, 3.8) is 0 Å². The van der Waals surface area contributed by atoms with Crippen molar-refractivity contribution in [1.82, 2.24) is 10.2 Å². The SMILES string of the molecule is O=C(NCC1c2ccccc2-c2ccccc21)C1CCC(N2C(=O)[C@@H]3[C@@H]4CC[C@@H](C4)[C@@H]3C2=O)CC1. The number of imide groups is 1. The van der Waals surface area contributed by atoms with Crippen LogP contribution in [0.2, 0.25) is 0 Å². The standard InChI is InChI=1S/C30H32N2O3/c33-28(31-16-25-23-7-3-1-5-21(23)22-6-2-4-8-24(22)25)17-11-13-20(14-12-17)32-29(34)26-18-9-10-19(15-18)27(26)30(32)35/h1-8,17-20,25-27H,9-16H2,(H,31,33)/t17?,18-,19+,20?,26-,27+. The maximum atomic E-state index is 13.2. The zero-order valence-corrected chi connectivity index (χ0v) is 20.0. The minimum Gasteiger partial charge on any atom is -0.355 e. The van der Waals surface area contributed by atoms with E-state index in [0.29, 0.717) is 18.4 Å².